The Balaban J connectivity index is -0.000000180. The second-order valence-corrected chi connectivity index (χ2v) is 2.50. The summed E-state index contributed by atoms with van der Waals surface area (Å²) in [4.78, 5) is 8.24. The van der Waals surface area contributed by atoms with Crippen molar-refractivity contribution >= 4 is 37.4 Å². The molecule has 54 valence electrons. The van der Waals surface area contributed by atoms with E-state index in [2.05, 4.69) is 9.05 Å². The number of hydrogen-bond donors (Lipinski definition) is 2. The van der Waals surface area contributed by atoms with Crippen LogP contribution in [-0.4, -0.2) is 48.7 Å². The molecule has 0 saturated carbocycles. The monoisotopic (exact) mass is 167 g/mol. The summed E-state index contributed by atoms with van der Waals surface area (Å²) in [6, 6.07) is 0. The molecule has 5 nitrogen and oxygen atoms in total. The van der Waals surface area contributed by atoms with Gasteiger partial charge in [-0.2, -0.15) is 0 Å². The summed E-state index contributed by atoms with van der Waals surface area (Å²) in [7, 11) is -1.45. The average Bonchev–Trinajstić information content (AvgIpc) is 1.68. The molecule has 0 radical (unpaired) electrons. The normalized spacial score (nSPS) is 9.22. The number of phosphoric ester groups is 1. The van der Waals surface area contributed by atoms with Crippen LogP contribution in [-0.2, 0) is 13.6 Å². The maximum absolute atomic E-state index is 10.1. The Morgan fingerprint density at radius 3 is 1.56 bits per heavy atom. The molecule has 0 heterocycles. The third kappa shape index (κ3) is 9.07. The van der Waals surface area contributed by atoms with E-state index >= 15 is 0 Å². The molecule has 0 aliphatic carbocycles. The van der Waals surface area contributed by atoms with E-state index in [1.807, 2.05) is 0 Å². The van der Waals surface area contributed by atoms with Crippen LogP contribution >= 0.6 is 7.82 Å². The first-order valence-corrected chi connectivity index (χ1v) is 3.06. The fraction of sp³-hybridized carbons (Fsp3) is 1.00. The van der Waals surface area contributed by atoms with Crippen LogP contribution in [0.1, 0.15) is 0 Å². The summed E-state index contributed by atoms with van der Waals surface area (Å²) in [5, 5.41) is 0. The summed E-state index contributed by atoms with van der Waals surface area (Å²) in [5.74, 6) is 0. The molecular weight excluding hydrogens is 156 g/mol. The zero-order valence-corrected chi connectivity index (χ0v) is 5.72. The second kappa shape index (κ2) is 7.18. The van der Waals surface area contributed by atoms with E-state index in [0.29, 0.717) is 0 Å². The van der Waals surface area contributed by atoms with Crippen molar-refractivity contribution < 1.29 is 18.5 Å². The van der Waals surface area contributed by atoms with Gasteiger partial charge < -0.3 is 11.0 Å². The minimum atomic E-state index is -3.65. The van der Waals surface area contributed by atoms with Crippen LogP contribution in [0, 0.1) is 0 Å². The fourth-order valence-corrected chi connectivity index (χ4v) is 0.224. The summed E-state index contributed by atoms with van der Waals surface area (Å²) in [5.41, 5.74) is 0. The van der Waals surface area contributed by atoms with Crippen LogP contribution in [0.2, 0.25) is 0 Å². The molecule has 0 fully saturated rings. The first-order valence-electron chi connectivity index (χ1n) is 1.56. The van der Waals surface area contributed by atoms with E-state index in [4.69, 9.17) is 4.89 Å². The second-order valence-electron chi connectivity index (χ2n) is 0.834. The van der Waals surface area contributed by atoms with Gasteiger partial charge in [0, 0.05) is 14.2 Å². The topological polar surface area (TPSA) is 90.8 Å². The molecule has 0 rings (SSSR count). The first-order chi connectivity index (χ1) is 3.12. The third-order valence-electron chi connectivity index (χ3n) is 0.461. The van der Waals surface area contributed by atoms with E-state index in [1.54, 1.807) is 0 Å². The Hall–Kier alpha value is 1.07. The van der Waals surface area contributed by atoms with Gasteiger partial charge in [-0.25, -0.2) is 4.57 Å². The SMILES string of the molecule is COP(=O)(O)OC.N.[NaH]. The third-order valence-corrected chi connectivity index (χ3v) is 1.38. The Labute approximate surface area is 76.2 Å². The van der Waals surface area contributed by atoms with E-state index in [1.165, 1.54) is 0 Å². The van der Waals surface area contributed by atoms with Crippen molar-refractivity contribution in [2.24, 2.45) is 0 Å². The summed E-state index contributed by atoms with van der Waals surface area (Å²) >= 11 is 0. The maximum atomic E-state index is 10.1. The van der Waals surface area contributed by atoms with E-state index in [0.717, 1.165) is 14.2 Å². The van der Waals surface area contributed by atoms with Gasteiger partial charge >= 0.3 is 37.4 Å². The van der Waals surface area contributed by atoms with Gasteiger partial charge in [0.25, 0.3) is 0 Å². The standard InChI is InChI=1S/C2H7O4P.H3N.Na.H/c1-5-7(3,4)6-2;;;/h1-2H3,(H,3,4);1H3;;. The average molecular weight is 167 g/mol. The van der Waals surface area contributed by atoms with Crippen molar-refractivity contribution in [3.8, 4) is 0 Å². The molecule has 0 amide bonds. The molecule has 0 spiro atoms. The Morgan fingerprint density at radius 2 is 1.56 bits per heavy atom. The molecule has 0 unspecified atom stereocenters. The van der Waals surface area contributed by atoms with Gasteiger partial charge in [-0.1, -0.05) is 0 Å². The number of hydrogen-bond acceptors (Lipinski definition) is 4. The van der Waals surface area contributed by atoms with Crippen molar-refractivity contribution in [3.05, 3.63) is 0 Å². The van der Waals surface area contributed by atoms with Crippen molar-refractivity contribution in [1.29, 1.82) is 0 Å². The van der Waals surface area contributed by atoms with Crippen molar-refractivity contribution in [2.75, 3.05) is 14.2 Å². The molecule has 7 heteroatoms. The van der Waals surface area contributed by atoms with Gasteiger partial charge in [0.15, 0.2) is 0 Å². The number of phosphoric acid groups is 1. The quantitative estimate of drug-likeness (QED) is 0.442. The molecule has 0 atom stereocenters. The molecule has 0 bridgehead atoms. The van der Waals surface area contributed by atoms with E-state index in [-0.39, 0.29) is 35.7 Å². The predicted molar refractivity (Wildman–Crippen MR) is 36.0 cm³/mol. The van der Waals surface area contributed by atoms with Crippen molar-refractivity contribution in [1.82, 2.24) is 6.15 Å². The van der Waals surface area contributed by atoms with E-state index < -0.39 is 7.82 Å². The van der Waals surface area contributed by atoms with Gasteiger partial charge in [-0.3, -0.25) is 9.05 Å². The van der Waals surface area contributed by atoms with Gasteiger partial charge in [0.2, 0.25) is 0 Å². The molecule has 0 aromatic heterocycles. The van der Waals surface area contributed by atoms with Gasteiger partial charge in [0.05, 0.1) is 0 Å². The predicted octanol–water partition coefficient (Wildman–Crippen LogP) is -0.107. The molecule has 9 heavy (non-hydrogen) atoms. The van der Waals surface area contributed by atoms with Crippen LogP contribution in [0.15, 0.2) is 0 Å². The van der Waals surface area contributed by atoms with Crippen LogP contribution in [0.4, 0.5) is 0 Å². The molecule has 0 aromatic rings. The van der Waals surface area contributed by atoms with Crippen LogP contribution in [0.5, 0.6) is 0 Å². The Morgan fingerprint density at radius 1 is 1.33 bits per heavy atom. The van der Waals surface area contributed by atoms with Crippen LogP contribution in [0.3, 0.4) is 0 Å². The van der Waals surface area contributed by atoms with Gasteiger partial charge in [-0.05, 0) is 0 Å². The zero-order chi connectivity index (χ0) is 5.91. The molecule has 0 aromatic carbocycles. The summed E-state index contributed by atoms with van der Waals surface area (Å²) < 4.78 is 18.0. The number of rotatable bonds is 2. The van der Waals surface area contributed by atoms with E-state index in [9.17, 15) is 4.57 Å². The summed E-state index contributed by atoms with van der Waals surface area (Å²) in [6.07, 6.45) is 0. The molecule has 0 saturated heterocycles. The Bertz CT molecular complexity index is 90.6. The minimum absolute atomic E-state index is 0. The molecule has 0 aliphatic heterocycles. The van der Waals surface area contributed by atoms with Crippen molar-refractivity contribution in [2.45, 2.75) is 0 Å². The molecule has 4 N–H and O–H groups in total. The van der Waals surface area contributed by atoms with Gasteiger partial charge in [-0.15, -0.1) is 0 Å². The van der Waals surface area contributed by atoms with Gasteiger partial charge in [0.1, 0.15) is 0 Å². The Kier molecular flexibility index (Phi) is 13.2. The molecular formula is C2H11NNaO4P. The molecule has 0 aliphatic rings. The zero-order valence-electron chi connectivity index (χ0n) is 4.83. The van der Waals surface area contributed by atoms with Crippen LogP contribution < -0.4 is 6.15 Å². The first kappa shape index (κ1) is 16.6. The van der Waals surface area contributed by atoms with Crippen molar-refractivity contribution in [3.63, 3.8) is 0 Å². The summed E-state index contributed by atoms with van der Waals surface area (Å²) in [6.45, 7) is 0. The fourth-order valence-electron chi connectivity index (χ4n) is 0.0745. The van der Waals surface area contributed by atoms with Crippen LogP contribution in [0.25, 0.3) is 0 Å².